The third-order valence-corrected chi connectivity index (χ3v) is 2.47. The molecule has 0 fully saturated rings. The summed E-state index contributed by atoms with van der Waals surface area (Å²) in [4.78, 5) is 0. The number of aliphatic hydroxyl groups is 1. The van der Waals surface area contributed by atoms with Crippen molar-refractivity contribution < 1.29 is 9.52 Å². The first-order valence-electron chi connectivity index (χ1n) is 5.13. The molecule has 0 radical (unpaired) electrons. The molecule has 78 valence electrons. The van der Waals surface area contributed by atoms with Crippen LogP contribution in [0.4, 0.5) is 0 Å². The molecule has 0 aliphatic heterocycles. The normalized spacial score (nSPS) is 12.7. The van der Waals surface area contributed by atoms with Crippen LogP contribution in [-0.4, -0.2) is 5.11 Å². The predicted octanol–water partition coefficient (Wildman–Crippen LogP) is 3.39. The number of aliphatic hydroxyl groups excluding tert-OH is 1. The minimum absolute atomic E-state index is 0.518. The molecule has 0 spiro atoms. The smallest absolute Gasteiger partial charge is 0.140 e. The molecule has 2 heteroatoms. The van der Waals surface area contributed by atoms with Gasteiger partial charge in [-0.15, -0.1) is 0 Å². The molecule has 1 atom stereocenters. The molecule has 15 heavy (non-hydrogen) atoms. The topological polar surface area (TPSA) is 33.4 Å². The zero-order valence-electron chi connectivity index (χ0n) is 8.68. The second-order valence-electron chi connectivity index (χ2n) is 3.49. The zero-order chi connectivity index (χ0) is 10.7. The summed E-state index contributed by atoms with van der Waals surface area (Å²) in [6.45, 7) is 1.93. The van der Waals surface area contributed by atoms with E-state index in [1.807, 2.05) is 43.3 Å². The van der Waals surface area contributed by atoms with E-state index in [9.17, 15) is 5.11 Å². The Morgan fingerprint density at radius 2 is 1.93 bits per heavy atom. The van der Waals surface area contributed by atoms with Crippen LogP contribution in [0, 0.1) is 0 Å². The SMILES string of the molecule is CC[C@H](O)c1occc1-c1ccccc1. The van der Waals surface area contributed by atoms with Gasteiger partial charge < -0.3 is 9.52 Å². The van der Waals surface area contributed by atoms with Gasteiger partial charge in [0.1, 0.15) is 11.9 Å². The number of furan rings is 1. The molecule has 1 aromatic carbocycles. The molecule has 0 amide bonds. The van der Waals surface area contributed by atoms with Gasteiger partial charge in [-0.05, 0) is 18.1 Å². The highest BCUT2D eigenvalue weighted by Gasteiger charge is 2.15. The lowest BCUT2D eigenvalue weighted by molar-refractivity contribution is 0.146. The summed E-state index contributed by atoms with van der Waals surface area (Å²) < 4.78 is 5.32. The van der Waals surface area contributed by atoms with Gasteiger partial charge >= 0.3 is 0 Å². The molecular weight excluding hydrogens is 188 g/mol. The van der Waals surface area contributed by atoms with Crippen molar-refractivity contribution >= 4 is 0 Å². The van der Waals surface area contributed by atoms with Gasteiger partial charge in [0.05, 0.1) is 6.26 Å². The summed E-state index contributed by atoms with van der Waals surface area (Å²) >= 11 is 0. The van der Waals surface area contributed by atoms with Crippen LogP contribution in [0.2, 0.25) is 0 Å². The summed E-state index contributed by atoms with van der Waals surface area (Å²) in [5.41, 5.74) is 2.05. The van der Waals surface area contributed by atoms with Crippen LogP contribution in [0.5, 0.6) is 0 Å². The van der Waals surface area contributed by atoms with E-state index in [0.29, 0.717) is 12.2 Å². The first-order valence-corrected chi connectivity index (χ1v) is 5.13. The van der Waals surface area contributed by atoms with E-state index in [1.165, 1.54) is 0 Å². The van der Waals surface area contributed by atoms with Gasteiger partial charge in [0.25, 0.3) is 0 Å². The van der Waals surface area contributed by atoms with Crippen LogP contribution in [0.15, 0.2) is 47.1 Å². The van der Waals surface area contributed by atoms with Crippen molar-refractivity contribution in [3.05, 3.63) is 48.4 Å². The van der Waals surface area contributed by atoms with E-state index in [2.05, 4.69) is 0 Å². The summed E-state index contributed by atoms with van der Waals surface area (Å²) in [6, 6.07) is 11.8. The van der Waals surface area contributed by atoms with Crippen LogP contribution in [-0.2, 0) is 0 Å². The average Bonchev–Trinajstić information content (AvgIpc) is 2.78. The molecule has 0 saturated carbocycles. The fourth-order valence-electron chi connectivity index (χ4n) is 1.62. The maximum Gasteiger partial charge on any atom is 0.140 e. The highest BCUT2D eigenvalue weighted by atomic mass is 16.4. The molecule has 0 bridgehead atoms. The number of benzene rings is 1. The van der Waals surface area contributed by atoms with Gasteiger partial charge in [0.15, 0.2) is 0 Å². The minimum atomic E-state index is -0.518. The van der Waals surface area contributed by atoms with Crippen LogP contribution in [0.3, 0.4) is 0 Å². The van der Waals surface area contributed by atoms with E-state index >= 15 is 0 Å². The molecule has 0 saturated heterocycles. The maximum atomic E-state index is 9.77. The number of hydrogen-bond acceptors (Lipinski definition) is 2. The van der Waals surface area contributed by atoms with E-state index in [0.717, 1.165) is 11.1 Å². The maximum absolute atomic E-state index is 9.77. The Balaban J connectivity index is 2.41. The largest absolute Gasteiger partial charge is 0.466 e. The third-order valence-electron chi connectivity index (χ3n) is 2.47. The summed E-state index contributed by atoms with van der Waals surface area (Å²) in [5, 5.41) is 9.77. The fraction of sp³-hybridized carbons (Fsp3) is 0.231. The fourth-order valence-corrected chi connectivity index (χ4v) is 1.62. The van der Waals surface area contributed by atoms with Crippen molar-refractivity contribution in [1.29, 1.82) is 0 Å². The van der Waals surface area contributed by atoms with Crippen LogP contribution >= 0.6 is 0 Å². The molecule has 2 nitrogen and oxygen atoms in total. The first-order chi connectivity index (χ1) is 7.33. The lowest BCUT2D eigenvalue weighted by Crippen LogP contribution is -1.94. The van der Waals surface area contributed by atoms with E-state index in [-0.39, 0.29) is 0 Å². The second-order valence-corrected chi connectivity index (χ2v) is 3.49. The van der Waals surface area contributed by atoms with Crippen LogP contribution < -0.4 is 0 Å². The average molecular weight is 202 g/mol. The third kappa shape index (κ3) is 1.95. The molecule has 0 aliphatic rings. The first kappa shape index (κ1) is 9.99. The highest BCUT2D eigenvalue weighted by Crippen LogP contribution is 2.30. The van der Waals surface area contributed by atoms with E-state index in [1.54, 1.807) is 6.26 Å². The zero-order valence-corrected chi connectivity index (χ0v) is 8.68. The molecule has 1 N–H and O–H groups in total. The molecule has 1 heterocycles. The summed E-state index contributed by atoms with van der Waals surface area (Å²) in [7, 11) is 0. The quantitative estimate of drug-likeness (QED) is 0.827. The van der Waals surface area contributed by atoms with Crippen molar-refractivity contribution in [1.82, 2.24) is 0 Å². The molecule has 1 aromatic heterocycles. The number of rotatable bonds is 3. The van der Waals surface area contributed by atoms with Crippen molar-refractivity contribution in [2.75, 3.05) is 0 Å². The lowest BCUT2D eigenvalue weighted by Gasteiger charge is -2.07. The molecule has 2 aromatic rings. The Bertz CT molecular complexity index is 417. The summed E-state index contributed by atoms with van der Waals surface area (Å²) in [6.07, 6.45) is 1.76. The van der Waals surface area contributed by atoms with Crippen molar-refractivity contribution in [2.24, 2.45) is 0 Å². The van der Waals surface area contributed by atoms with Crippen molar-refractivity contribution in [3.63, 3.8) is 0 Å². The Kier molecular flexibility index (Phi) is 2.88. The molecular formula is C13H14O2. The predicted molar refractivity (Wildman–Crippen MR) is 59.4 cm³/mol. The van der Waals surface area contributed by atoms with Crippen molar-refractivity contribution in [2.45, 2.75) is 19.4 Å². The van der Waals surface area contributed by atoms with Gasteiger partial charge in [0, 0.05) is 5.56 Å². The monoisotopic (exact) mass is 202 g/mol. The minimum Gasteiger partial charge on any atom is -0.466 e. The van der Waals surface area contributed by atoms with E-state index in [4.69, 9.17) is 4.42 Å². The van der Waals surface area contributed by atoms with Crippen LogP contribution in [0.25, 0.3) is 11.1 Å². The van der Waals surface area contributed by atoms with Gasteiger partial charge in [0.2, 0.25) is 0 Å². The Morgan fingerprint density at radius 1 is 1.20 bits per heavy atom. The highest BCUT2D eigenvalue weighted by molar-refractivity contribution is 5.65. The lowest BCUT2D eigenvalue weighted by atomic mass is 10.0. The molecule has 0 aliphatic carbocycles. The van der Waals surface area contributed by atoms with Crippen molar-refractivity contribution in [3.8, 4) is 11.1 Å². The summed E-state index contributed by atoms with van der Waals surface area (Å²) in [5.74, 6) is 0.656. The van der Waals surface area contributed by atoms with Gasteiger partial charge in [-0.25, -0.2) is 0 Å². The Morgan fingerprint density at radius 3 is 2.60 bits per heavy atom. The molecule has 2 rings (SSSR count). The van der Waals surface area contributed by atoms with E-state index < -0.39 is 6.10 Å². The standard InChI is InChI=1S/C13H14O2/c1-2-12(14)13-11(8-9-15-13)10-6-4-3-5-7-10/h3-9,12,14H,2H2,1H3/t12-/m0/s1. The second kappa shape index (κ2) is 4.32. The van der Waals surface area contributed by atoms with Gasteiger partial charge in [-0.3, -0.25) is 0 Å². The molecule has 0 unspecified atom stereocenters. The van der Waals surface area contributed by atoms with Gasteiger partial charge in [-0.2, -0.15) is 0 Å². The van der Waals surface area contributed by atoms with Gasteiger partial charge in [-0.1, -0.05) is 37.3 Å². The Hall–Kier alpha value is -1.54. The Labute approximate surface area is 89.2 Å². The van der Waals surface area contributed by atoms with Crippen LogP contribution in [0.1, 0.15) is 25.2 Å². The number of hydrogen-bond donors (Lipinski definition) is 1.